The summed E-state index contributed by atoms with van der Waals surface area (Å²) >= 11 is 0. The second-order valence-electron chi connectivity index (χ2n) is 2.71. The Kier molecular flexibility index (Phi) is 7.30. The minimum Gasteiger partial charge on any atom is -0.393 e. The van der Waals surface area contributed by atoms with Crippen LogP contribution in [0.15, 0.2) is 10.2 Å². The van der Waals surface area contributed by atoms with Gasteiger partial charge < -0.3 is 10.2 Å². The topological polar surface area (TPSA) is 138 Å². The summed E-state index contributed by atoms with van der Waals surface area (Å²) in [5.41, 5.74) is 15.9. The SMILES string of the molecule is [N-]=[N+]=NCC(O)CCC(O)CN=[N+]=[N-]. The summed E-state index contributed by atoms with van der Waals surface area (Å²) in [6, 6.07) is 0. The average molecular weight is 200 g/mol. The van der Waals surface area contributed by atoms with Gasteiger partial charge in [-0.1, -0.05) is 10.2 Å². The highest BCUT2D eigenvalue weighted by molar-refractivity contribution is 4.65. The molecule has 0 spiro atoms. The maximum Gasteiger partial charge on any atom is 0.0597 e. The molecule has 2 unspecified atom stereocenters. The lowest BCUT2D eigenvalue weighted by Gasteiger charge is -2.10. The van der Waals surface area contributed by atoms with Gasteiger partial charge in [-0.25, -0.2) is 0 Å². The Balaban J connectivity index is 3.59. The van der Waals surface area contributed by atoms with E-state index in [1.54, 1.807) is 0 Å². The molecule has 0 aromatic rings. The molecule has 0 aromatic carbocycles. The van der Waals surface area contributed by atoms with Gasteiger partial charge in [0.15, 0.2) is 0 Å². The van der Waals surface area contributed by atoms with Gasteiger partial charge in [0.1, 0.15) is 0 Å². The molecule has 0 aliphatic rings. The normalized spacial score (nSPS) is 13.6. The van der Waals surface area contributed by atoms with Gasteiger partial charge in [0.25, 0.3) is 0 Å². The van der Waals surface area contributed by atoms with Crippen LogP contribution in [0, 0.1) is 0 Å². The van der Waals surface area contributed by atoms with Crippen LogP contribution in [0.5, 0.6) is 0 Å². The van der Waals surface area contributed by atoms with Crippen molar-refractivity contribution >= 4 is 0 Å². The predicted octanol–water partition coefficient (Wildman–Crippen LogP) is 1.11. The fraction of sp³-hybridized carbons (Fsp3) is 1.00. The van der Waals surface area contributed by atoms with Gasteiger partial charge >= 0.3 is 0 Å². The van der Waals surface area contributed by atoms with Gasteiger partial charge in [-0.3, -0.25) is 0 Å². The number of aliphatic hydroxyl groups excluding tert-OH is 2. The van der Waals surface area contributed by atoms with E-state index in [0.717, 1.165) is 0 Å². The molecule has 0 aliphatic carbocycles. The predicted molar refractivity (Wildman–Crippen MR) is 49.3 cm³/mol. The van der Waals surface area contributed by atoms with Crippen LogP contribution in [-0.2, 0) is 0 Å². The first-order valence-corrected chi connectivity index (χ1v) is 4.08. The Morgan fingerprint density at radius 2 is 1.29 bits per heavy atom. The Morgan fingerprint density at radius 1 is 0.929 bits per heavy atom. The molecule has 0 amide bonds. The average Bonchev–Trinajstić information content (AvgIpc) is 2.20. The van der Waals surface area contributed by atoms with E-state index < -0.39 is 12.2 Å². The molecule has 0 saturated heterocycles. The monoisotopic (exact) mass is 200 g/mol. The summed E-state index contributed by atoms with van der Waals surface area (Å²) < 4.78 is 0. The van der Waals surface area contributed by atoms with Crippen LogP contribution in [0.25, 0.3) is 20.9 Å². The van der Waals surface area contributed by atoms with Crippen LogP contribution in [0.1, 0.15) is 12.8 Å². The molecule has 8 nitrogen and oxygen atoms in total. The molecular weight excluding hydrogens is 188 g/mol. The highest BCUT2D eigenvalue weighted by Crippen LogP contribution is 2.02. The molecule has 2 atom stereocenters. The van der Waals surface area contributed by atoms with E-state index in [4.69, 9.17) is 11.1 Å². The van der Waals surface area contributed by atoms with Crippen LogP contribution in [0.2, 0.25) is 0 Å². The molecule has 0 fully saturated rings. The van der Waals surface area contributed by atoms with Gasteiger partial charge in [-0.2, -0.15) is 0 Å². The fourth-order valence-corrected chi connectivity index (χ4v) is 0.829. The van der Waals surface area contributed by atoms with Crippen molar-refractivity contribution in [2.24, 2.45) is 10.2 Å². The van der Waals surface area contributed by atoms with Crippen LogP contribution < -0.4 is 0 Å². The second-order valence-corrected chi connectivity index (χ2v) is 2.71. The Bertz CT molecular complexity index is 219. The Labute approximate surface area is 80.4 Å². The molecule has 8 heteroatoms. The highest BCUT2D eigenvalue weighted by atomic mass is 16.3. The summed E-state index contributed by atoms with van der Waals surface area (Å²) in [6.07, 6.45) is -0.902. The largest absolute Gasteiger partial charge is 0.393 e. The molecule has 78 valence electrons. The zero-order valence-electron chi connectivity index (χ0n) is 7.56. The van der Waals surface area contributed by atoms with Gasteiger partial charge in [0.2, 0.25) is 0 Å². The third-order valence-electron chi connectivity index (χ3n) is 1.54. The molecule has 14 heavy (non-hydrogen) atoms. The van der Waals surface area contributed by atoms with E-state index in [1.807, 2.05) is 0 Å². The quantitative estimate of drug-likeness (QED) is 0.361. The van der Waals surface area contributed by atoms with E-state index in [1.165, 1.54) is 0 Å². The maximum absolute atomic E-state index is 9.18. The number of hydrogen-bond donors (Lipinski definition) is 2. The van der Waals surface area contributed by atoms with Crippen molar-refractivity contribution in [1.29, 1.82) is 0 Å². The third kappa shape index (κ3) is 7.20. The molecule has 2 N–H and O–H groups in total. The molecule has 0 saturated carbocycles. The van der Waals surface area contributed by atoms with Crippen molar-refractivity contribution in [2.45, 2.75) is 25.0 Å². The Morgan fingerprint density at radius 3 is 1.57 bits per heavy atom. The van der Waals surface area contributed by atoms with E-state index in [-0.39, 0.29) is 13.1 Å². The first-order chi connectivity index (χ1) is 6.70. The van der Waals surface area contributed by atoms with Crippen molar-refractivity contribution < 1.29 is 10.2 Å². The maximum atomic E-state index is 9.18. The van der Waals surface area contributed by atoms with Gasteiger partial charge in [0.05, 0.1) is 25.3 Å². The lowest BCUT2D eigenvalue weighted by Crippen LogP contribution is -2.17. The van der Waals surface area contributed by atoms with E-state index in [9.17, 15) is 10.2 Å². The number of rotatable bonds is 7. The van der Waals surface area contributed by atoms with Gasteiger partial charge in [-0.05, 0) is 23.9 Å². The van der Waals surface area contributed by atoms with Crippen molar-refractivity contribution in [3.63, 3.8) is 0 Å². The van der Waals surface area contributed by atoms with Gasteiger partial charge in [-0.15, -0.1) is 0 Å². The standard InChI is InChI=1S/C6H12N6O2/c7-11-9-3-5(13)1-2-6(14)4-10-12-8/h5-6,13-14H,1-4H2. The van der Waals surface area contributed by atoms with Crippen LogP contribution in [0.3, 0.4) is 0 Å². The van der Waals surface area contributed by atoms with E-state index >= 15 is 0 Å². The number of aliphatic hydroxyl groups is 2. The van der Waals surface area contributed by atoms with Crippen molar-refractivity contribution in [3.05, 3.63) is 20.9 Å². The third-order valence-corrected chi connectivity index (χ3v) is 1.54. The van der Waals surface area contributed by atoms with Gasteiger partial charge in [0, 0.05) is 9.82 Å². The zero-order valence-corrected chi connectivity index (χ0v) is 7.56. The van der Waals surface area contributed by atoms with Crippen LogP contribution >= 0.6 is 0 Å². The van der Waals surface area contributed by atoms with E-state index in [0.29, 0.717) is 12.8 Å². The number of hydrogen-bond acceptors (Lipinski definition) is 4. The molecule has 0 aromatic heterocycles. The molecule has 0 rings (SSSR count). The lowest BCUT2D eigenvalue weighted by molar-refractivity contribution is 0.122. The van der Waals surface area contributed by atoms with Crippen molar-refractivity contribution in [1.82, 2.24) is 0 Å². The summed E-state index contributed by atoms with van der Waals surface area (Å²) in [5, 5.41) is 24.7. The molecule has 0 aliphatic heterocycles. The molecule has 0 heterocycles. The minimum absolute atomic E-state index is 0.00919. The molecule has 0 radical (unpaired) electrons. The summed E-state index contributed by atoms with van der Waals surface area (Å²) in [4.78, 5) is 4.98. The lowest BCUT2D eigenvalue weighted by atomic mass is 10.1. The molecular formula is C6H12N6O2. The van der Waals surface area contributed by atoms with Crippen LogP contribution in [0.4, 0.5) is 0 Å². The van der Waals surface area contributed by atoms with E-state index in [2.05, 4.69) is 20.1 Å². The Hall–Kier alpha value is -1.46. The smallest absolute Gasteiger partial charge is 0.0597 e. The van der Waals surface area contributed by atoms with Crippen molar-refractivity contribution in [3.8, 4) is 0 Å². The fourth-order valence-electron chi connectivity index (χ4n) is 0.829. The first-order valence-electron chi connectivity index (χ1n) is 4.08. The minimum atomic E-state index is -0.758. The van der Waals surface area contributed by atoms with Crippen molar-refractivity contribution in [2.75, 3.05) is 13.1 Å². The molecule has 0 bridgehead atoms. The second kappa shape index (κ2) is 8.15. The summed E-state index contributed by atoms with van der Waals surface area (Å²) in [7, 11) is 0. The highest BCUT2D eigenvalue weighted by Gasteiger charge is 2.07. The number of azide groups is 2. The first kappa shape index (κ1) is 12.5. The van der Waals surface area contributed by atoms with Crippen LogP contribution in [-0.4, -0.2) is 35.5 Å². The number of nitrogens with zero attached hydrogens (tertiary/aromatic N) is 6. The summed E-state index contributed by atoms with van der Waals surface area (Å²) in [6.45, 7) is -0.0184. The summed E-state index contributed by atoms with van der Waals surface area (Å²) in [5.74, 6) is 0. The zero-order chi connectivity index (χ0) is 10.8.